The first-order valence-corrected chi connectivity index (χ1v) is 1.75. The van der Waals surface area contributed by atoms with E-state index in [0.29, 0.717) is 0 Å². The number of aliphatic imine (C=N–C) groups is 1. The third-order valence-corrected chi connectivity index (χ3v) is 0.580. The Hall–Kier alpha value is -0.990. The van der Waals surface area contributed by atoms with Crippen LogP contribution in [0.25, 0.3) is 0 Å². The summed E-state index contributed by atoms with van der Waals surface area (Å²) in [6, 6.07) is 0. The summed E-state index contributed by atoms with van der Waals surface area (Å²) in [5.74, 6) is -1.22. The van der Waals surface area contributed by atoms with Crippen molar-refractivity contribution in [3.8, 4) is 0 Å². The zero-order valence-corrected chi connectivity index (χ0v) is 3.39. The van der Waals surface area contributed by atoms with Gasteiger partial charge in [0.05, 0.1) is 0 Å². The summed E-state index contributed by atoms with van der Waals surface area (Å²) in [5.41, 5.74) is 0. The quantitative estimate of drug-likeness (QED) is 0.433. The van der Waals surface area contributed by atoms with Gasteiger partial charge in [-0.15, -0.1) is 0 Å². The minimum absolute atomic E-state index is 0.516. The molecular weight excluding hydrogens is 97.0 g/mol. The van der Waals surface area contributed by atoms with Gasteiger partial charge in [-0.25, -0.2) is 0 Å². The maximum absolute atomic E-state index is 11.6. The summed E-state index contributed by atoms with van der Waals surface area (Å²) in [7, 11) is 0. The molecule has 0 atom stereocenters. The van der Waals surface area contributed by atoms with Crippen molar-refractivity contribution in [1.29, 1.82) is 0 Å². The molecule has 0 spiro atoms. The predicted molar refractivity (Wildman–Crippen MR) is 22.7 cm³/mol. The first-order valence-electron chi connectivity index (χ1n) is 1.75. The van der Waals surface area contributed by atoms with Crippen molar-refractivity contribution >= 4 is 11.9 Å². The van der Waals surface area contributed by atoms with Crippen molar-refractivity contribution < 1.29 is 9.18 Å². The van der Waals surface area contributed by atoms with Gasteiger partial charge in [-0.3, -0.25) is 4.79 Å². The van der Waals surface area contributed by atoms with E-state index in [1.165, 1.54) is 0 Å². The number of allylic oxidation sites excluding steroid dienone is 1. The van der Waals surface area contributed by atoms with E-state index in [2.05, 4.69) is 4.99 Å². The lowest BCUT2D eigenvalue weighted by atomic mass is 10.6. The Morgan fingerprint density at radius 2 is 2.29 bits per heavy atom. The van der Waals surface area contributed by atoms with E-state index in [-0.39, 0.29) is 0 Å². The van der Waals surface area contributed by atoms with Gasteiger partial charge in [0, 0.05) is 6.08 Å². The van der Waals surface area contributed by atoms with Gasteiger partial charge < -0.3 is 0 Å². The topological polar surface area (TPSA) is 29.4 Å². The molecule has 1 rings (SSSR count). The molecule has 0 bridgehead atoms. The van der Waals surface area contributed by atoms with Gasteiger partial charge in [0.2, 0.25) is 5.97 Å². The Balaban J connectivity index is 2.88. The molecule has 0 N–H and O–H groups in total. The summed E-state index contributed by atoms with van der Waals surface area (Å²) in [5, 5.41) is 0. The fourth-order valence-corrected chi connectivity index (χ4v) is 0.320. The molecule has 0 aliphatic carbocycles. The number of hydrogen-bond donors (Lipinski definition) is 0. The zero-order valence-electron chi connectivity index (χ0n) is 3.39. The van der Waals surface area contributed by atoms with E-state index in [1.54, 1.807) is 0 Å². The summed E-state index contributed by atoms with van der Waals surface area (Å²) in [6.45, 7) is 0. The SMILES string of the molecule is O=C1C=CC(F)=N1. The average Bonchev–Trinajstić information content (AvgIpc) is 1.87. The smallest absolute Gasteiger partial charge is 0.267 e. The van der Waals surface area contributed by atoms with E-state index >= 15 is 0 Å². The van der Waals surface area contributed by atoms with Crippen LogP contribution < -0.4 is 0 Å². The van der Waals surface area contributed by atoms with E-state index in [1.807, 2.05) is 0 Å². The summed E-state index contributed by atoms with van der Waals surface area (Å²) in [4.78, 5) is 12.8. The number of rotatable bonds is 0. The highest BCUT2D eigenvalue weighted by molar-refractivity contribution is 6.09. The second-order valence-electron chi connectivity index (χ2n) is 1.11. The molecule has 36 valence electrons. The molecule has 1 heterocycles. The monoisotopic (exact) mass is 99.0 g/mol. The van der Waals surface area contributed by atoms with Gasteiger partial charge in [0.25, 0.3) is 5.91 Å². The fourth-order valence-electron chi connectivity index (χ4n) is 0.320. The minimum atomic E-state index is -0.704. The number of hydrogen-bond acceptors (Lipinski definition) is 1. The van der Waals surface area contributed by atoms with E-state index in [9.17, 15) is 9.18 Å². The van der Waals surface area contributed by atoms with E-state index in [4.69, 9.17) is 0 Å². The molecule has 0 radical (unpaired) electrons. The molecule has 0 aromatic carbocycles. The first kappa shape index (κ1) is 4.18. The normalized spacial score (nSPS) is 17.9. The molecule has 1 amide bonds. The van der Waals surface area contributed by atoms with Crippen LogP contribution in [0.4, 0.5) is 4.39 Å². The molecule has 0 aromatic heterocycles. The van der Waals surface area contributed by atoms with Crippen molar-refractivity contribution in [3.63, 3.8) is 0 Å². The molecule has 0 unspecified atom stereocenters. The molecule has 1 aliphatic rings. The standard InChI is InChI=1S/C4H2FNO/c5-3-1-2-4(7)6-3/h1-2H. The molecular formula is C4H2FNO. The van der Waals surface area contributed by atoms with Crippen molar-refractivity contribution in [1.82, 2.24) is 0 Å². The second kappa shape index (κ2) is 1.26. The maximum atomic E-state index is 11.6. The maximum Gasteiger partial charge on any atom is 0.272 e. The van der Waals surface area contributed by atoms with Crippen LogP contribution in [0, 0.1) is 0 Å². The molecule has 3 heteroatoms. The van der Waals surface area contributed by atoms with Crippen LogP contribution in [0.15, 0.2) is 17.1 Å². The van der Waals surface area contributed by atoms with Gasteiger partial charge >= 0.3 is 0 Å². The van der Waals surface area contributed by atoms with Crippen molar-refractivity contribution in [3.05, 3.63) is 12.2 Å². The van der Waals surface area contributed by atoms with Crippen LogP contribution in [0.5, 0.6) is 0 Å². The lowest BCUT2D eigenvalue weighted by Gasteiger charge is -1.67. The molecule has 2 nitrogen and oxygen atoms in total. The van der Waals surface area contributed by atoms with Crippen LogP contribution in [0.2, 0.25) is 0 Å². The predicted octanol–water partition coefficient (Wildman–Crippen LogP) is 0.451. The number of carbonyl (C=O) groups is 1. The average molecular weight is 99.1 g/mol. The minimum Gasteiger partial charge on any atom is -0.267 e. The van der Waals surface area contributed by atoms with Crippen LogP contribution in [0.3, 0.4) is 0 Å². The third-order valence-electron chi connectivity index (χ3n) is 0.580. The van der Waals surface area contributed by atoms with Gasteiger partial charge in [-0.1, -0.05) is 0 Å². The number of amides is 1. The van der Waals surface area contributed by atoms with Gasteiger partial charge in [-0.05, 0) is 6.08 Å². The summed E-state index contributed by atoms with van der Waals surface area (Å²) >= 11 is 0. The third kappa shape index (κ3) is 0.707. The summed E-state index contributed by atoms with van der Waals surface area (Å²) < 4.78 is 11.6. The highest BCUT2D eigenvalue weighted by Gasteiger charge is 2.02. The molecule has 0 fully saturated rings. The molecule has 0 saturated carbocycles. The Kier molecular flexibility index (Phi) is 0.749. The largest absolute Gasteiger partial charge is 0.272 e. The second-order valence-corrected chi connectivity index (χ2v) is 1.11. The molecule has 7 heavy (non-hydrogen) atoms. The number of nitrogens with zero attached hydrogens (tertiary/aromatic N) is 1. The Morgan fingerprint density at radius 3 is 2.43 bits per heavy atom. The van der Waals surface area contributed by atoms with Crippen LogP contribution in [-0.2, 0) is 4.79 Å². The number of halogens is 1. The van der Waals surface area contributed by atoms with E-state index in [0.717, 1.165) is 12.2 Å². The van der Waals surface area contributed by atoms with Crippen LogP contribution >= 0.6 is 0 Å². The first-order chi connectivity index (χ1) is 3.29. The van der Waals surface area contributed by atoms with E-state index < -0.39 is 11.9 Å². The fraction of sp³-hybridized carbons (Fsp3) is 0. The van der Waals surface area contributed by atoms with Crippen molar-refractivity contribution in [2.75, 3.05) is 0 Å². The van der Waals surface area contributed by atoms with Gasteiger partial charge in [0.15, 0.2) is 0 Å². The Morgan fingerprint density at radius 1 is 1.57 bits per heavy atom. The van der Waals surface area contributed by atoms with Crippen molar-refractivity contribution in [2.45, 2.75) is 0 Å². The lowest BCUT2D eigenvalue weighted by Crippen LogP contribution is -1.78. The lowest BCUT2D eigenvalue weighted by molar-refractivity contribution is -0.113. The zero-order chi connectivity index (χ0) is 5.28. The highest BCUT2D eigenvalue weighted by atomic mass is 19.1. The molecule has 0 saturated heterocycles. The Bertz CT molecular complexity index is 159. The van der Waals surface area contributed by atoms with Gasteiger partial charge in [0.1, 0.15) is 0 Å². The molecule has 1 aliphatic heterocycles. The number of carbonyl (C=O) groups excluding carboxylic acids is 1. The highest BCUT2D eigenvalue weighted by Crippen LogP contribution is 1.94. The Labute approximate surface area is 39.4 Å². The van der Waals surface area contributed by atoms with Crippen LogP contribution in [-0.4, -0.2) is 11.9 Å². The summed E-state index contributed by atoms with van der Waals surface area (Å²) in [6.07, 6.45) is 2.11. The van der Waals surface area contributed by atoms with Gasteiger partial charge in [-0.2, -0.15) is 9.38 Å². The van der Waals surface area contributed by atoms with Crippen LogP contribution in [0.1, 0.15) is 0 Å². The van der Waals surface area contributed by atoms with Crippen molar-refractivity contribution in [2.24, 2.45) is 4.99 Å². The molecule has 0 aromatic rings.